The molecule has 13 heteroatoms. The molecule has 0 saturated heterocycles. The number of hydrogen-bond acceptors (Lipinski definition) is 9. The van der Waals surface area contributed by atoms with E-state index in [9.17, 15) is 18.0 Å². The Kier molecular flexibility index (Phi) is 8.47. The largest absolute Gasteiger partial charge is 0.365 e. The molecule has 3 aromatic rings. The number of halogens is 2. The number of aryl methyl sites for hydroxylation is 1. The Morgan fingerprint density at radius 1 is 1.24 bits per heavy atom. The molecule has 0 saturated carbocycles. The second-order valence-electron chi connectivity index (χ2n) is 7.31. The molecule has 0 aliphatic rings. The summed E-state index contributed by atoms with van der Waals surface area (Å²) in [6.07, 6.45) is 0.638. The standard InChI is InChI=1S/C21H22BrFN6O4S/c1-13-4-7-16(11-18(13)22)26-21(27-30)19-20(29-33-28-19)25-10-2-3-15(24)12-34(31,32)17-8-5-14(23)6-9-17/h4-9,11,24,30H,2-3,10,12H2,1H3,(H,25,29)(H,26,27). The van der Waals surface area contributed by atoms with Gasteiger partial charge in [-0.25, -0.2) is 22.4 Å². The summed E-state index contributed by atoms with van der Waals surface area (Å²) in [5.74, 6) is -0.750. The zero-order chi connectivity index (χ0) is 24.7. The number of hydroxylamine groups is 1. The first kappa shape index (κ1) is 25.5. The number of benzene rings is 2. The van der Waals surface area contributed by atoms with Gasteiger partial charge >= 0.3 is 0 Å². The number of aromatic nitrogens is 2. The lowest BCUT2D eigenvalue weighted by Gasteiger charge is -2.08. The number of sulfone groups is 1. The highest BCUT2D eigenvalue weighted by atomic mass is 79.9. The van der Waals surface area contributed by atoms with E-state index in [-0.39, 0.29) is 34.4 Å². The van der Waals surface area contributed by atoms with Crippen molar-refractivity contribution in [3.63, 3.8) is 0 Å². The number of hydrogen-bond donors (Lipinski definition) is 4. The van der Waals surface area contributed by atoms with Crippen LogP contribution in [0, 0.1) is 18.2 Å². The predicted molar refractivity (Wildman–Crippen MR) is 128 cm³/mol. The fourth-order valence-corrected chi connectivity index (χ4v) is 4.59. The zero-order valence-corrected chi connectivity index (χ0v) is 20.5. The van der Waals surface area contributed by atoms with E-state index < -0.39 is 21.4 Å². The Labute approximate surface area is 203 Å². The molecular formula is C21H22BrFN6O4S. The second kappa shape index (κ2) is 11.3. The van der Waals surface area contributed by atoms with Gasteiger partial charge in [0.15, 0.2) is 21.4 Å². The Hall–Kier alpha value is -3.16. The molecule has 0 spiro atoms. The molecular weight excluding hydrogens is 531 g/mol. The van der Waals surface area contributed by atoms with Gasteiger partial charge in [-0.3, -0.25) is 10.7 Å². The SMILES string of the molecule is Cc1ccc(N=C(NO)c2nonc2NCCCC(=N)CS(=O)(=O)c2ccc(F)cc2)cc1Br. The van der Waals surface area contributed by atoms with Gasteiger partial charge in [0.25, 0.3) is 0 Å². The van der Waals surface area contributed by atoms with Gasteiger partial charge in [-0.05, 0) is 72.0 Å². The first-order valence-electron chi connectivity index (χ1n) is 10.1. The highest BCUT2D eigenvalue weighted by Crippen LogP contribution is 2.23. The van der Waals surface area contributed by atoms with Crippen LogP contribution in [0.3, 0.4) is 0 Å². The summed E-state index contributed by atoms with van der Waals surface area (Å²) in [5, 5.41) is 28.0. The number of nitrogens with one attached hydrogen (secondary N) is 3. The summed E-state index contributed by atoms with van der Waals surface area (Å²) in [4.78, 5) is 4.28. The maximum Gasteiger partial charge on any atom is 0.202 e. The summed E-state index contributed by atoms with van der Waals surface area (Å²) in [6, 6.07) is 9.91. The van der Waals surface area contributed by atoms with Gasteiger partial charge in [0.05, 0.1) is 16.3 Å². The smallest absolute Gasteiger partial charge is 0.202 e. The van der Waals surface area contributed by atoms with Crippen LogP contribution in [0.4, 0.5) is 15.9 Å². The van der Waals surface area contributed by atoms with Crippen LogP contribution in [0.25, 0.3) is 0 Å². The van der Waals surface area contributed by atoms with Crippen LogP contribution < -0.4 is 10.8 Å². The van der Waals surface area contributed by atoms with E-state index in [1.165, 1.54) is 12.1 Å². The van der Waals surface area contributed by atoms with Crippen molar-refractivity contribution >= 4 is 48.8 Å². The van der Waals surface area contributed by atoms with Gasteiger partial charge in [0, 0.05) is 16.7 Å². The molecule has 0 atom stereocenters. The van der Waals surface area contributed by atoms with Gasteiger partial charge in [-0.15, -0.1) is 0 Å². The molecule has 0 amide bonds. The molecule has 34 heavy (non-hydrogen) atoms. The maximum atomic E-state index is 13.0. The number of aliphatic imine (C=N–C) groups is 1. The topological polar surface area (TPSA) is 154 Å². The van der Waals surface area contributed by atoms with Gasteiger partial charge in [-0.1, -0.05) is 22.0 Å². The van der Waals surface area contributed by atoms with E-state index >= 15 is 0 Å². The molecule has 180 valence electrons. The van der Waals surface area contributed by atoms with Crippen LogP contribution in [0.15, 0.2) is 61.5 Å². The van der Waals surface area contributed by atoms with Crippen molar-refractivity contribution < 1.29 is 22.6 Å². The predicted octanol–water partition coefficient (Wildman–Crippen LogP) is 4.02. The molecule has 10 nitrogen and oxygen atoms in total. The molecule has 0 radical (unpaired) electrons. The number of rotatable bonds is 10. The maximum absolute atomic E-state index is 13.0. The van der Waals surface area contributed by atoms with E-state index in [0.717, 1.165) is 22.2 Å². The minimum absolute atomic E-state index is 0.0117. The van der Waals surface area contributed by atoms with E-state index in [1.54, 1.807) is 12.1 Å². The van der Waals surface area contributed by atoms with Crippen LogP contribution in [0.2, 0.25) is 0 Å². The molecule has 0 aliphatic heterocycles. The molecule has 2 aromatic carbocycles. The van der Waals surface area contributed by atoms with Crippen molar-refractivity contribution in [1.29, 1.82) is 5.41 Å². The molecule has 1 aromatic heterocycles. The highest BCUT2D eigenvalue weighted by Gasteiger charge is 2.18. The summed E-state index contributed by atoms with van der Waals surface area (Å²) in [5.41, 5.74) is 3.74. The Balaban J connectivity index is 1.56. The average Bonchev–Trinajstić information content (AvgIpc) is 3.25. The van der Waals surface area contributed by atoms with Crippen molar-refractivity contribution in [2.45, 2.75) is 24.7 Å². The molecule has 0 unspecified atom stereocenters. The second-order valence-corrected chi connectivity index (χ2v) is 10.2. The highest BCUT2D eigenvalue weighted by molar-refractivity contribution is 9.10. The number of anilines is 1. The zero-order valence-electron chi connectivity index (χ0n) is 18.0. The third-order valence-corrected chi connectivity index (χ3v) is 7.27. The van der Waals surface area contributed by atoms with Gasteiger partial charge < -0.3 is 10.7 Å². The van der Waals surface area contributed by atoms with E-state index in [4.69, 9.17) is 10.0 Å². The fourth-order valence-electron chi connectivity index (χ4n) is 2.91. The van der Waals surface area contributed by atoms with Crippen LogP contribution in [0.5, 0.6) is 0 Å². The van der Waals surface area contributed by atoms with Gasteiger partial charge in [0.1, 0.15) is 5.82 Å². The van der Waals surface area contributed by atoms with Gasteiger partial charge in [-0.2, -0.15) is 0 Å². The molecule has 0 aliphatic carbocycles. The van der Waals surface area contributed by atoms with Crippen molar-refractivity contribution in [3.8, 4) is 0 Å². The van der Waals surface area contributed by atoms with Crippen LogP contribution in [-0.2, 0) is 9.84 Å². The van der Waals surface area contributed by atoms with E-state index in [1.807, 2.05) is 18.5 Å². The molecule has 0 fully saturated rings. The molecule has 3 rings (SSSR count). The summed E-state index contributed by atoms with van der Waals surface area (Å²) in [6.45, 7) is 2.26. The summed E-state index contributed by atoms with van der Waals surface area (Å²) >= 11 is 3.43. The number of amidine groups is 1. The lowest BCUT2D eigenvalue weighted by Crippen LogP contribution is -2.22. The third-order valence-electron chi connectivity index (χ3n) is 4.70. The van der Waals surface area contributed by atoms with Crippen molar-refractivity contribution in [2.24, 2.45) is 4.99 Å². The Bertz CT molecular complexity index is 1290. The summed E-state index contributed by atoms with van der Waals surface area (Å²) < 4.78 is 43.3. The number of nitrogens with zero attached hydrogens (tertiary/aromatic N) is 3. The summed E-state index contributed by atoms with van der Waals surface area (Å²) in [7, 11) is -3.72. The minimum atomic E-state index is -3.72. The van der Waals surface area contributed by atoms with E-state index in [0.29, 0.717) is 18.7 Å². The van der Waals surface area contributed by atoms with Gasteiger partial charge in [0.2, 0.25) is 5.82 Å². The molecule has 1 heterocycles. The first-order valence-corrected chi connectivity index (χ1v) is 12.5. The molecule has 0 bridgehead atoms. The quantitative estimate of drug-likeness (QED) is 0.0966. The first-order chi connectivity index (χ1) is 16.2. The third kappa shape index (κ3) is 6.68. The molecule has 4 N–H and O–H groups in total. The Morgan fingerprint density at radius 2 is 1.97 bits per heavy atom. The Morgan fingerprint density at radius 3 is 2.65 bits per heavy atom. The monoisotopic (exact) mass is 552 g/mol. The van der Waals surface area contributed by atoms with Crippen LogP contribution in [0.1, 0.15) is 24.1 Å². The lowest BCUT2D eigenvalue weighted by molar-refractivity contribution is 0.234. The normalized spacial score (nSPS) is 11.9. The van der Waals surface area contributed by atoms with Crippen molar-refractivity contribution in [3.05, 3.63) is 64.0 Å². The van der Waals surface area contributed by atoms with Crippen molar-refractivity contribution in [1.82, 2.24) is 15.8 Å². The average molecular weight is 553 g/mol. The van der Waals surface area contributed by atoms with Crippen LogP contribution >= 0.6 is 15.9 Å². The lowest BCUT2D eigenvalue weighted by atomic mass is 10.2. The fraction of sp³-hybridized carbons (Fsp3) is 0.238. The van der Waals surface area contributed by atoms with Crippen molar-refractivity contribution in [2.75, 3.05) is 17.6 Å². The van der Waals surface area contributed by atoms with E-state index in [2.05, 4.69) is 36.6 Å². The minimum Gasteiger partial charge on any atom is -0.365 e. The van der Waals surface area contributed by atoms with Crippen LogP contribution in [-0.4, -0.2) is 47.8 Å².